The van der Waals surface area contributed by atoms with Crippen LogP contribution in [-0.4, -0.2) is 40.4 Å². The smallest absolute Gasteiger partial charge is 0.131 e. The van der Waals surface area contributed by atoms with Crippen LogP contribution in [0.3, 0.4) is 0 Å². The molecule has 0 spiro atoms. The van der Waals surface area contributed by atoms with Crippen LogP contribution in [0.25, 0.3) is 0 Å². The summed E-state index contributed by atoms with van der Waals surface area (Å²) in [5, 5.41) is 8.82. The molecule has 2 heterocycles. The van der Waals surface area contributed by atoms with Crippen molar-refractivity contribution in [2.75, 3.05) is 19.6 Å². The molecule has 1 aliphatic rings. The van der Waals surface area contributed by atoms with Crippen LogP contribution in [0, 0.1) is 12.8 Å². The topological polar surface area (TPSA) is 33.1 Å². The summed E-state index contributed by atoms with van der Waals surface area (Å²) in [5.41, 5.74) is 2.25. The van der Waals surface area contributed by atoms with Crippen molar-refractivity contribution in [3.8, 4) is 0 Å². The molecule has 0 radical (unpaired) electrons. The van der Waals surface area contributed by atoms with E-state index >= 15 is 0 Å². The van der Waals surface area contributed by atoms with Gasteiger partial charge >= 0.3 is 0 Å². The third-order valence-electron chi connectivity index (χ3n) is 4.31. The quantitative estimate of drug-likeness (QED) is 0.876. The maximum atomic E-state index is 6.39. The van der Waals surface area contributed by atoms with Crippen LogP contribution >= 0.6 is 11.6 Å². The summed E-state index contributed by atoms with van der Waals surface area (Å²) >= 11 is 6.39. The molecule has 1 fully saturated rings. The lowest BCUT2D eigenvalue weighted by Crippen LogP contribution is -2.45. The molecule has 1 saturated heterocycles. The third kappa shape index (κ3) is 4.44. The first kappa shape index (κ1) is 16.8. The van der Waals surface area contributed by atoms with Crippen molar-refractivity contribution < 1.29 is 0 Å². The second-order valence-electron chi connectivity index (χ2n) is 6.65. The molecule has 1 aromatic rings. The van der Waals surface area contributed by atoms with Crippen LogP contribution in [0.1, 0.15) is 44.4 Å². The highest BCUT2D eigenvalue weighted by molar-refractivity contribution is 6.30. The van der Waals surface area contributed by atoms with Gasteiger partial charge in [0.15, 0.2) is 0 Å². The number of nitrogens with zero attached hydrogens (tertiary/aromatic N) is 3. The van der Waals surface area contributed by atoms with Gasteiger partial charge < -0.3 is 5.32 Å². The van der Waals surface area contributed by atoms with Crippen LogP contribution in [-0.2, 0) is 13.6 Å². The van der Waals surface area contributed by atoms with E-state index in [4.69, 9.17) is 11.6 Å². The van der Waals surface area contributed by atoms with Gasteiger partial charge in [-0.3, -0.25) is 9.58 Å². The molecule has 4 nitrogen and oxygen atoms in total. The van der Waals surface area contributed by atoms with Crippen molar-refractivity contribution >= 4 is 11.6 Å². The second-order valence-corrected chi connectivity index (χ2v) is 7.01. The van der Waals surface area contributed by atoms with Gasteiger partial charge in [-0.2, -0.15) is 5.10 Å². The Morgan fingerprint density at radius 2 is 2.14 bits per heavy atom. The minimum absolute atomic E-state index is 0.619. The number of hydrogen-bond donors (Lipinski definition) is 1. The van der Waals surface area contributed by atoms with Gasteiger partial charge in [-0.15, -0.1) is 0 Å². The molecule has 120 valence electrons. The fraction of sp³-hybridized carbons (Fsp3) is 0.812. The van der Waals surface area contributed by atoms with Gasteiger partial charge in [-0.05, 0) is 38.8 Å². The number of halogens is 1. The van der Waals surface area contributed by atoms with Gasteiger partial charge in [0.1, 0.15) is 5.15 Å². The van der Waals surface area contributed by atoms with Crippen LogP contribution in [0.5, 0.6) is 0 Å². The van der Waals surface area contributed by atoms with E-state index in [1.165, 1.54) is 31.4 Å². The molecule has 2 rings (SSSR count). The largest absolute Gasteiger partial charge is 0.315 e. The predicted octanol–water partition coefficient (Wildman–Crippen LogP) is 2.98. The average molecular weight is 313 g/mol. The highest BCUT2D eigenvalue weighted by Crippen LogP contribution is 2.25. The van der Waals surface area contributed by atoms with Gasteiger partial charge in [0.25, 0.3) is 0 Å². The van der Waals surface area contributed by atoms with Gasteiger partial charge in [0.2, 0.25) is 0 Å². The molecule has 1 atom stereocenters. The standard InChI is InChI=1S/C16H29ClN4/c1-12(2)9-18-10-14-7-5-6-8-21(14)11-15-13(3)19-20(4)16(15)17/h12,14,18H,5-11H2,1-4H3. The second kappa shape index (κ2) is 7.61. The first-order valence-corrected chi connectivity index (χ1v) is 8.49. The predicted molar refractivity (Wildman–Crippen MR) is 88.7 cm³/mol. The van der Waals surface area contributed by atoms with Gasteiger partial charge in [-0.25, -0.2) is 0 Å². The first-order valence-electron chi connectivity index (χ1n) is 8.11. The molecule has 1 unspecified atom stereocenters. The lowest BCUT2D eigenvalue weighted by atomic mass is 10.0. The van der Waals surface area contributed by atoms with E-state index in [-0.39, 0.29) is 0 Å². The molecule has 1 N–H and O–H groups in total. The Balaban J connectivity index is 1.98. The Labute approximate surface area is 133 Å². The number of piperidine rings is 1. The minimum atomic E-state index is 0.619. The first-order chi connectivity index (χ1) is 9.99. The SMILES string of the molecule is Cc1nn(C)c(Cl)c1CN1CCCCC1CNCC(C)C. The highest BCUT2D eigenvalue weighted by Gasteiger charge is 2.24. The summed E-state index contributed by atoms with van der Waals surface area (Å²) in [5.74, 6) is 0.706. The fourth-order valence-electron chi connectivity index (χ4n) is 3.09. The zero-order valence-electron chi connectivity index (χ0n) is 13.8. The molecular weight excluding hydrogens is 284 g/mol. The summed E-state index contributed by atoms with van der Waals surface area (Å²) in [4.78, 5) is 2.58. The number of hydrogen-bond acceptors (Lipinski definition) is 3. The van der Waals surface area contributed by atoms with Crippen molar-refractivity contribution in [1.82, 2.24) is 20.0 Å². The van der Waals surface area contributed by atoms with E-state index in [1.54, 1.807) is 4.68 Å². The van der Waals surface area contributed by atoms with Crippen molar-refractivity contribution in [3.05, 3.63) is 16.4 Å². The summed E-state index contributed by atoms with van der Waals surface area (Å²) in [6.07, 6.45) is 3.91. The van der Waals surface area contributed by atoms with Gasteiger partial charge in [0.05, 0.1) is 5.69 Å². The van der Waals surface area contributed by atoms with Crippen molar-refractivity contribution in [3.63, 3.8) is 0 Å². The molecule has 0 bridgehead atoms. The normalized spacial score (nSPS) is 20.4. The molecule has 21 heavy (non-hydrogen) atoms. The number of nitrogens with one attached hydrogen (secondary N) is 1. The molecule has 0 saturated carbocycles. The van der Waals surface area contributed by atoms with Crippen LogP contribution < -0.4 is 5.32 Å². The fourth-order valence-corrected chi connectivity index (χ4v) is 3.33. The Kier molecular flexibility index (Phi) is 6.08. The van der Waals surface area contributed by atoms with Crippen LogP contribution in [0.15, 0.2) is 0 Å². The minimum Gasteiger partial charge on any atom is -0.315 e. The van der Waals surface area contributed by atoms with E-state index in [9.17, 15) is 0 Å². The van der Waals surface area contributed by atoms with E-state index in [1.807, 2.05) is 7.05 Å². The average Bonchev–Trinajstić information content (AvgIpc) is 2.67. The summed E-state index contributed by atoms with van der Waals surface area (Å²) in [6.45, 7) is 10.8. The Morgan fingerprint density at radius 1 is 1.38 bits per heavy atom. The van der Waals surface area contributed by atoms with E-state index in [0.29, 0.717) is 12.0 Å². The van der Waals surface area contributed by atoms with Crippen LogP contribution in [0.2, 0.25) is 5.15 Å². The lowest BCUT2D eigenvalue weighted by molar-refractivity contribution is 0.136. The van der Waals surface area contributed by atoms with Gasteiger partial charge in [-0.1, -0.05) is 31.9 Å². The molecule has 5 heteroatoms. The number of rotatable bonds is 6. The maximum absolute atomic E-state index is 6.39. The Bertz CT molecular complexity index is 455. The van der Waals surface area contributed by atoms with Crippen molar-refractivity contribution in [2.24, 2.45) is 13.0 Å². The monoisotopic (exact) mass is 312 g/mol. The zero-order chi connectivity index (χ0) is 15.4. The molecule has 1 aromatic heterocycles. The summed E-state index contributed by atoms with van der Waals surface area (Å²) in [6, 6.07) is 0.619. The highest BCUT2D eigenvalue weighted by atomic mass is 35.5. The lowest BCUT2D eigenvalue weighted by Gasteiger charge is -2.36. The van der Waals surface area contributed by atoms with Gasteiger partial charge in [0, 0.05) is 31.7 Å². The maximum Gasteiger partial charge on any atom is 0.131 e. The Hall–Kier alpha value is -0.580. The third-order valence-corrected chi connectivity index (χ3v) is 4.79. The Morgan fingerprint density at radius 3 is 2.76 bits per heavy atom. The van der Waals surface area contributed by atoms with E-state index < -0.39 is 0 Å². The molecule has 0 aromatic carbocycles. The number of likely N-dealkylation sites (tertiary alicyclic amines) is 1. The molecule has 0 amide bonds. The van der Waals surface area contributed by atoms with E-state index in [2.05, 4.69) is 36.1 Å². The molecule has 1 aliphatic heterocycles. The van der Waals surface area contributed by atoms with Crippen molar-refractivity contribution in [1.29, 1.82) is 0 Å². The number of aromatic nitrogens is 2. The summed E-state index contributed by atoms with van der Waals surface area (Å²) < 4.78 is 1.78. The summed E-state index contributed by atoms with van der Waals surface area (Å²) in [7, 11) is 1.91. The number of aryl methyl sites for hydroxylation is 2. The zero-order valence-corrected chi connectivity index (χ0v) is 14.6. The molecule has 0 aliphatic carbocycles. The van der Waals surface area contributed by atoms with Crippen molar-refractivity contribution in [2.45, 2.75) is 52.6 Å². The molecular formula is C16H29ClN4. The van der Waals surface area contributed by atoms with Crippen LogP contribution in [0.4, 0.5) is 0 Å². The van der Waals surface area contributed by atoms with E-state index in [0.717, 1.165) is 30.5 Å².